The molecule has 0 saturated heterocycles. The van der Waals surface area contributed by atoms with Gasteiger partial charge < -0.3 is 5.73 Å². The fourth-order valence-corrected chi connectivity index (χ4v) is 2.36. The zero-order valence-electron chi connectivity index (χ0n) is 9.98. The fourth-order valence-electron chi connectivity index (χ4n) is 2.04. The Kier molecular flexibility index (Phi) is 3.09. The highest BCUT2D eigenvalue weighted by Gasteiger charge is 2.05. The number of halogens is 2. The van der Waals surface area contributed by atoms with Gasteiger partial charge in [0, 0.05) is 11.1 Å². The normalized spacial score (nSPS) is 11.1. The lowest BCUT2D eigenvalue weighted by atomic mass is 10.2. The molecule has 0 fully saturated rings. The smallest absolute Gasteiger partial charge is 0.0687 e. The first-order valence-corrected chi connectivity index (χ1v) is 6.54. The van der Waals surface area contributed by atoms with Crippen molar-refractivity contribution in [1.29, 1.82) is 0 Å². The molecule has 96 valence electrons. The van der Waals surface area contributed by atoms with Crippen LogP contribution in [0.3, 0.4) is 0 Å². The van der Waals surface area contributed by atoms with Gasteiger partial charge in [-0.2, -0.15) is 5.10 Å². The van der Waals surface area contributed by atoms with Crippen molar-refractivity contribution >= 4 is 39.8 Å². The molecule has 0 amide bonds. The molecule has 0 aliphatic heterocycles. The largest absolute Gasteiger partial charge is 0.399 e. The predicted molar refractivity (Wildman–Crippen MR) is 79.7 cm³/mol. The second-order valence-corrected chi connectivity index (χ2v) is 5.18. The van der Waals surface area contributed by atoms with E-state index in [1.807, 2.05) is 41.2 Å². The Morgan fingerprint density at radius 2 is 1.89 bits per heavy atom. The van der Waals surface area contributed by atoms with Crippen LogP contribution < -0.4 is 5.73 Å². The summed E-state index contributed by atoms with van der Waals surface area (Å²) in [6.45, 7) is 0.643. The third-order valence-corrected chi connectivity index (χ3v) is 3.72. The lowest BCUT2D eigenvalue weighted by Crippen LogP contribution is -2.01. The van der Waals surface area contributed by atoms with Crippen LogP contribution in [0.25, 0.3) is 10.9 Å². The minimum absolute atomic E-state index is 0.555. The zero-order valence-corrected chi connectivity index (χ0v) is 11.5. The molecule has 3 nitrogen and oxygen atoms in total. The molecule has 3 rings (SSSR count). The first-order chi connectivity index (χ1) is 9.13. The van der Waals surface area contributed by atoms with Gasteiger partial charge >= 0.3 is 0 Å². The Morgan fingerprint density at radius 3 is 2.68 bits per heavy atom. The second kappa shape index (κ2) is 4.76. The molecule has 1 heterocycles. The standard InChI is InChI=1S/C14H11Cl2N3/c15-12-3-1-9(5-13(12)16)8-19-14-4-2-11(17)6-10(14)7-18-19/h1-7H,8,17H2. The van der Waals surface area contributed by atoms with Gasteiger partial charge in [0.1, 0.15) is 0 Å². The monoisotopic (exact) mass is 291 g/mol. The fraction of sp³-hybridized carbons (Fsp3) is 0.0714. The van der Waals surface area contributed by atoms with Crippen LogP contribution in [0.2, 0.25) is 10.0 Å². The minimum Gasteiger partial charge on any atom is -0.399 e. The summed E-state index contributed by atoms with van der Waals surface area (Å²) >= 11 is 11.9. The number of benzene rings is 2. The van der Waals surface area contributed by atoms with Gasteiger partial charge in [-0.1, -0.05) is 29.3 Å². The third kappa shape index (κ3) is 2.39. The molecule has 0 radical (unpaired) electrons. The molecule has 0 unspecified atom stereocenters. The van der Waals surface area contributed by atoms with E-state index < -0.39 is 0 Å². The number of nitrogen functional groups attached to an aromatic ring is 1. The molecule has 0 aliphatic carbocycles. The summed E-state index contributed by atoms with van der Waals surface area (Å²) in [7, 11) is 0. The highest BCUT2D eigenvalue weighted by molar-refractivity contribution is 6.42. The molecule has 0 aliphatic rings. The van der Waals surface area contributed by atoms with Crippen LogP contribution in [0.15, 0.2) is 42.6 Å². The number of anilines is 1. The lowest BCUT2D eigenvalue weighted by Gasteiger charge is -2.05. The molecule has 1 aromatic heterocycles. The maximum Gasteiger partial charge on any atom is 0.0687 e. The number of rotatable bonds is 2. The number of hydrogen-bond acceptors (Lipinski definition) is 2. The summed E-state index contributed by atoms with van der Waals surface area (Å²) in [4.78, 5) is 0. The quantitative estimate of drug-likeness (QED) is 0.726. The first kappa shape index (κ1) is 12.3. The van der Waals surface area contributed by atoms with Crippen LogP contribution in [-0.4, -0.2) is 9.78 Å². The van der Waals surface area contributed by atoms with E-state index in [2.05, 4.69) is 5.10 Å². The second-order valence-electron chi connectivity index (χ2n) is 4.37. The molecular weight excluding hydrogens is 281 g/mol. The van der Waals surface area contributed by atoms with Gasteiger partial charge in [-0.3, -0.25) is 4.68 Å². The van der Waals surface area contributed by atoms with Crippen molar-refractivity contribution in [3.8, 4) is 0 Å². The lowest BCUT2D eigenvalue weighted by molar-refractivity contribution is 0.712. The number of fused-ring (bicyclic) bond motifs is 1. The van der Waals surface area contributed by atoms with E-state index in [-0.39, 0.29) is 0 Å². The van der Waals surface area contributed by atoms with Gasteiger partial charge in [-0.15, -0.1) is 0 Å². The van der Waals surface area contributed by atoms with Crippen LogP contribution in [0.4, 0.5) is 5.69 Å². The molecule has 5 heteroatoms. The molecule has 0 saturated carbocycles. The van der Waals surface area contributed by atoms with E-state index >= 15 is 0 Å². The summed E-state index contributed by atoms with van der Waals surface area (Å²) in [6.07, 6.45) is 1.81. The number of nitrogens with two attached hydrogens (primary N) is 1. The van der Waals surface area contributed by atoms with Gasteiger partial charge in [0.15, 0.2) is 0 Å². The van der Waals surface area contributed by atoms with Crippen molar-refractivity contribution in [1.82, 2.24) is 9.78 Å². The van der Waals surface area contributed by atoms with Crippen molar-refractivity contribution in [2.24, 2.45) is 0 Å². The molecule has 2 aromatic carbocycles. The first-order valence-electron chi connectivity index (χ1n) is 5.78. The summed E-state index contributed by atoms with van der Waals surface area (Å²) in [5.74, 6) is 0. The third-order valence-electron chi connectivity index (χ3n) is 2.98. The molecule has 0 bridgehead atoms. The van der Waals surface area contributed by atoms with Crippen molar-refractivity contribution < 1.29 is 0 Å². The van der Waals surface area contributed by atoms with Gasteiger partial charge in [0.25, 0.3) is 0 Å². The average Bonchev–Trinajstić information content (AvgIpc) is 2.76. The van der Waals surface area contributed by atoms with Gasteiger partial charge in [-0.25, -0.2) is 0 Å². The van der Waals surface area contributed by atoms with Crippen molar-refractivity contribution in [3.05, 3.63) is 58.2 Å². The molecule has 0 spiro atoms. The summed E-state index contributed by atoms with van der Waals surface area (Å²) in [5.41, 5.74) is 8.58. The van der Waals surface area contributed by atoms with Crippen molar-refractivity contribution in [2.45, 2.75) is 6.54 Å². The molecule has 2 N–H and O–H groups in total. The molecule has 0 atom stereocenters. The minimum atomic E-state index is 0.555. The number of hydrogen-bond donors (Lipinski definition) is 1. The topological polar surface area (TPSA) is 43.8 Å². The van der Waals surface area contributed by atoms with E-state index in [4.69, 9.17) is 28.9 Å². The van der Waals surface area contributed by atoms with Crippen molar-refractivity contribution in [3.63, 3.8) is 0 Å². The van der Waals surface area contributed by atoms with E-state index in [1.54, 1.807) is 6.07 Å². The highest BCUT2D eigenvalue weighted by atomic mass is 35.5. The Morgan fingerprint density at radius 1 is 1.05 bits per heavy atom. The number of aromatic nitrogens is 2. The van der Waals surface area contributed by atoms with Crippen LogP contribution in [0.5, 0.6) is 0 Å². The van der Waals surface area contributed by atoms with Gasteiger partial charge in [-0.05, 0) is 35.9 Å². The Balaban J connectivity index is 1.98. The van der Waals surface area contributed by atoms with Gasteiger partial charge in [0.2, 0.25) is 0 Å². The molecular formula is C14H11Cl2N3. The Bertz CT molecular complexity index is 750. The van der Waals surface area contributed by atoms with Gasteiger partial charge in [0.05, 0.1) is 28.3 Å². The predicted octanol–water partition coefficient (Wildman–Crippen LogP) is 3.97. The molecule has 3 aromatic rings. The van der Waals surface area contributed by atoms with Crippen LogP contribution in [0, 0.1) is 0 Å². The van der Waals surface area contributed by atoms with Crippen LogP contribution in [-0.2, 0) is 6.54 Å². The van der Waals surface area contributed by atoms with E-state index in [0.717, 1.165) is 22.2 Å². The summed E-state index contributed by atoms with van der Waals surface area (Å²) in [5, 5.41) is 6.51. The maximum absolute atomic E-state index is 6.01. The Hall–Kier alpha value is -1.71. The van der Waals surface area contributed by atoms with E-state index in [9.17, 15) is 0 Å². The average molecular weight is 292 g/mol. The highest BCUT2D eigenvalue weighted by Crippen LogP contribution is 2.24. The van der Waals surface area contributed by atoms with E-state index in [1.165, 1.54) is 0 Å². The van der Waals surface area contributed by atoms with Crippen LogP contribution in [0.1, 0.15) is 5.56 Å². The number of nitrogens with zero attached hydrogens (tertiary/aromatic N) is 2. The zero-order chi connectivity index (χ0) is 13.4. The SMILES string of the molecule is Nc1ccc2c(cnn2Cc2ccc(Cl)c(Cl)c2)c1. The van der Waals surface area contributed by atoms with Crippen LogP contribution >= 0.6 is 23.2 Å². The molecule has 19 heavy (non-hydrogen) atoms. The van der Waals surface area contributed by atoms with Crippen molar-refractivity contribution in [2.75, 3.05) is 5.73 Å². The Labute approximate surface area is 120 Å². The maximum atomic E-state index is 6.01. The van der Waals surface area contributed by atoms with E-state index in [0.29, 0.717) is 16.6 Å². The summed E-state index contributed by atoms with van der Waals surface area (Å²) < 4.78 is 1.91. The summed E-state index contributed by atoms with van der Waals surface area (Å²) in [6, 6.07) is 11.3.